The van der Waals surface area contributed by atoms with Crippen LogP contribution in [0.4, 0.5) is 0 Å². The molecule has 0 saturated carbocycles. The predicted octanol–water partition coefficient (Wildman–Crippen LogP) is 4.04. The van der Waals surface area contributed by atoms with Crippen molar-refractivity contribution in [3.63, 3.8) is 0 Å². The molecular formula is C15H16ClN3OS2. The molecule has 3 rings (SSSR count). The summed E-state index contributed by atoms with van der Waals surface area (Å²) in [5, 5.41) is 10.8. The normalized spacial score (nSPS) is 19.4. The third-order valence-corrected chi connectivity index (χ3v) is 5.85. The second kappa shape index (κ2) is 6.98. The molecule has 1 aliphatic rings. The van der Waals surface area contributed by atoms with Crippen molar-refractivity contribution in [2.24, 2.45) is 0 Å². The molecule has 0 radical (unpaired) electrons. The Hall–Kier alpha value is -1.11. The van der Waals surface area contributed by atoms with E-state index in [2.05, 4.69) is 21.6 Å². The van der Waals surface area contributed by atoms with E-state index in [0.717, 1.165) is 24.4 Å². The molecule has 2 aromatic heterocycles. The van der Waals surface area contributed by atoms with Gasteiger partial charge in [0, 0.05) is 11.4 Å². The summed E-state index contributed by atoms with van der Waals surface area (Å²) in [5.41, 5.74) is 0. The Bertz CT molecular complexity index is 633. The Labute approximate surface area is 142 Å². The summed E-state index contributed by atoms with van der Waals surface area (Å²) in [7, 11) is 0. The lowest BCUT2D eigenvalue weighted by molar-refractivity contribution is -0.131. The number of amides is 1. The van der Waals surface area contributed by atoms with Crippen molar-refractivity contribution in [2.45, 2.75) is 36.1 Å². The van der Waals surface area contributed by atoms with Crippen LogP contribution >= 0.6 is 34.7 Å². The minimum atomic E-state index is -0.184. The van der Waals surface area contributed by atoms with E-state index in [-0.39, 0.29) is 17.2 Å². The molecule has 2 atom stereocenters. The highest BCUT2D eigenvalue weighted by Gasteiger charge is 2.33. The fourth-order valence-corrected chi connectivity index (χ4v) is 4.45. The zero-order chi connectivity index (χ0) is 15.5. The van der Waals surface area contributed by atoms with Gasteiger partial charge < -0.3 is 4.90 Å². The van der Waals surface area contributed by atoms with E-state index in [1.807, 2.05) is 17.9 Å². The lowest BCUT2D eigenvalue weighted by Crippen LogP contribution is -2.35. The minimum Gasteiger partial charge on any atom is -0.334 e. The molecule has 116 valence electrons. The van der Waals surface area contributed by atoms with Gasteiger partial charge in [0.05, 0.1) is 11.3 Å². The Morgan fingerprint density at radius 1 is 1.45 bits per heavy atom. The largest absolute Gasteiger partial charge is 0.334 e. The van der Waals surface area contributed by atoms with E-state index < -0.39 is 0 Å². The molecule has 0 N–H and O–H groups in total. The van der Waals surface area contributed by atoms with Gasteiger partial charge in [0.15, 0.2) is 5.15 Å². The summed E-state index contributed by atoms with van der Waals surface area (Å²) >= 11 is 8.88. The van der Waals surface area contributed by atoms with Gasteiger partial charge in [-0.25, -0.2) is 0 Å². The number of thiophene rings is 1. The van der Waals surface area contributed by atoms with Crippen LogP contribution in [0.3, 0.4) is 0 Å². The maximum absolute atomic E-state index is 12.8. The summed E-state index contributed by atoms with van der Waals surface area (Å²) < 4.78 is 0. The number of thioether (sulfide) groups is 1. The first-order chi connectivity index (χ1) is 10.6. The highest BCUT2D eigenvalue weighted by atomic mass is 35.5. The van der Waals surface area contributed by atoms with Gasteiger partial charge >= 0.3 is 0 Å². The van der Waals surface area contributed by atoms with Gasteiger partial charge in [-0.15, -0.1) is 21.5 Å². The number of hydrogen-bond acceptors (Lipinski definition) is 5. The Morgan fingerprint density at radius 2 is 2.32 bits per heavy atom. The minimum absolute atomic E-state index is 0.164. The molecule has 0 aliphatic carbocycles. The Kier molecular flexibility index (Phi) is 5.00. The van der Waals surface area contributed by atoms with E-state index in [1.54, 1.807) is 23.5 Å². The summed E-state index contributed by atoms with van der Waals surface area (Å²) in [5.74, 6) is 0.164. The number of likely N-dealkylation sites (tertiary alicyclic amines) is 1. The number of carbonyl (C=O) groups is 1. The van der Waals surface area contributed by atoms with Crippen LogP contribution in [0, 0.1) is 0 Å². The fraction of sp³-hybridized carbons (Fsp3) is 0.400. The highest BCUT2D eigenvalue weighted by Crippen LogP contribution is 2.36. The van der Waals surface area contributed by atoms with Gasteiger partial charge in [0.2, 0.25) is 5.91 Å². The number of carbonyl (C=O) groups excluding carboxylic acids is 1. The lowest BCUT2D eigenvalue weighted by atomic mass is 10.2. The van der Waals surface area contributed by atoms with Crippen molar-refractivity contribution in [3.05, 3.63) is 39.7 Å². The van der Waals surface area contributed by atoms with Crippen LogP contribution in [0.25, 0.3) is 0 Å². The zero-order valence-corrected chi connectivity index (χ0v) is 14.5. The van der Waals surface area contributed by atoms with E-state index >= 15 is 0 Å². The van der Waals surface area contributed by atoms with Gasteiger partial charge in [0.1, 0.15) is 5.03 Å². The molecule has 1 fully saturated rings. The topological polar surface area (TPSA) is 46.1 Å². The number of nitrogens with zero attached hydrogens (tertiary/aromatic N) is 3. The van der Waals surface area contributed by atoms with Crippen LogP contribution < -0.4 is 0 Å². The molecule has 1 aliphatic heterocycles. The molecule has 0 unspecified atom stereocenters. The summed E-state index contributed by atoms with van der Waals surface area (Å²) in [6.45, 7) is 2.76. The molecule has 4 nitrogen and oxygen atoms in total. The van der Waals surface area contributed by atoms with Crippen LogP contribution in [-0.4, -0.2) is 32.8 Å². The third kappa shape index (κ3) is 3.45. The molecule has 3 heterocycles. The maximum Gasteiger partial charge on any atom is 0.236 e. The predicted molar refractivity (Wildman–Crippen MR) is 90.4 cm³/mol. The van der Waals surface area contributed by atoms with Crippen LogP contribution in [0.15, 0.2) is 34.7 Å². The van der Waals surface area contributed by atoms with Crippen molar-refractivity contribution in [1.29, 1.82) is 0 Å². The number of hydrogen-bond donors (Lipinski definition) is 0. The monoisotopic (exact) mass is 353 g/mol. The molecule has 0 aromatic carbocycles. The number of halogens is 1. The van der Waals surface area contributed by atoms with E-state index in [1.165, 1.54) is 16.6 Å². The van der Waals surface area contributed by atoms with E-state index in [4.69, 9.17) is 11.6 Å². The number of aromatic nitrogens is 2. The molecule has 22 heavy (non-hydrogen) atoms. The highest BCUT2D eigenvalue weighted by molar-refractivity contribution is 8.00. The van der Waals surface area contributed by atoms with Gasteiger partial charge in [0.25, 0.3) is 0 Å². The third-order valence-electron chi connectivity index (χ3n) is 3.66. The van der Waals surface area contributed by atoms with Gasteiger partial charge in [-0.05, 0) is 43.3 Å². The zero-order valence-electron chi connectivity index (χ0n) is 12.1. The van der Waals surface area contributed by atoms with Crippen molar-refractivity contribution in [1.82, 2.24) is 15.1 Å². The lowest BCUT2D eigenvalue weighted by Gasteiger charge is -2.26. The smallest absolute Gasteiger partial charge is 0.236 e. The van der Waals surface area contributed by atoms with Gasteiger partial charge in [-0.3, -0.25) is 4.79 Å². The van der Waals surface area contributed by atoms with Crippen LogP contribution in [0.5, 0.6) is 0 Å². The summed E-state index contributed by atoms with van der Waals surface area (Å²) in [4.78, 5) is 16.0. The first-order valence-corrected chi connectivity index (χ1v) is 9.28. The SMILES string of the molecule is C[C@@H](Sc1ccc(Cl)nn1)C(=O)N1CCC[C@@H]1c1cccs1. The fourth-order valence-electron chi connectivity index (χ4n) is 2.64. The molecule has 1 amide bonds. The quantitative estimate of drug-likeness (QED) is 0.778. The molecule has 0 spiro atoms. The average Bonchev–Trinajstić information content (AvgIpc) is 3.19. The molecule has 1 saturated heterocycles. The van der Waals surface area contributed by atoms with Crippen molar-refractivity contribution in [2.75, 3.05) is 6.54 Å². The van der Waals surface area contributed by atoms with Crippen LogP contribution in [-0.2, 0) is 4.79 Å². The number of rotatable bonds is 4. The second-order valence-electron chi connectivity index (χ2n) is 5.16. The van der Waals surface area contributed by atoms with Gasteiger partial charge in [-0.2, -0.15) is 0 Å². The van der Waals surface area contributed by atoms with Crippen molar-refractivity contribution in [3.8, 4) is 0 Å². The standard InChI is InChI=1S/C15H16ClN3OS2/c1-10(22-14-7-6-13(16)17-18-14)15(20)19-8-2-4-11(19)12-5-3-9-21-12/h3,5-7,9-11H,2,4,8H2,1H3/t10-,11-/m1/s1. The van der Waals surface area contributed by atoms with Crippen LogP contribution in [0.2, 0.25) is 5.15 Å². The molecular weight excluding hydrogens is 338 g/mol. The van der Waals surface area contributed by atoms with E-state index in [9.17, 15) is 4.79 Å². The second-order valence-corrected chi connectivity index (χ2v) is 7.89. The van der Waals surface area contributed by atoms with Crippen molar-refractivity contribution < 1.29 is 4.79 Å². The molecule has 2 aromatic rings. The van der Waals surface area contributed by atoms with Crippen LogP contribution in [0.1, 0.15) is 30.7 Å². The Morgan fingerprint density at radius 3 is 3.00 bits per heavy atom. The first kappa shape index (κ1) is 15.8. The maximum atomic E-state index is 12.8. The summed E-state index contributed by atoms with van der Waals surface area (Å²) in [6, 6.07) is 7.88. The Balaban J connectivity index is 1.68. The molecule has 0 bridgehead atoms. The molecule has 7 heteroatoms. The van der Waals surface area contributed by atoms with Crippen molar-refractivity contribution >= 4 is 40.6 Å². The average molecular weight is 354 g/mol. The van der Waals surface area contributed by atoms with E-state index in [0.29, 0.717) is 5.15 Å². The summed E-state index contributed by atoms with van der Waals surface area (Å²) in [6.07, 6.45) is 2.11. The first-order valence-electron chi connectivity index (χ1n) is 7.15. The van der Waals surface area contributed by atoms with Gasteiger partial charge in [-0.1, -0.05) is 29.4 Å².